The molecule has 0 fully saturated rings. The van der Waals surface area contributed by atoms with Crippen molar-refractivity contribution in [3.63, 3.8) is 0 Å². The van der Waals surface area contributed by atoms with Gasteiger partial charge in [0.2, 0.25) is 0 Å². The Kier molecular flexibility index (Phi) is 5.50. The lowest BCUT2D eigenvalue weighted by Gasteiger charge is -2.20. The predicted octanol–water partition coefficient (Wildman–Crippen LogP) is 3.27. The lowest BCUT2D eigenvalue weighted by molar-refractivity contribution is 0.124. The van der Waals surface area contributed by atoms with E-state index in [9.17, 15) is 10.2 Å². The summed E-state index contributed by atoms with van der Waals surface area (Å²) in [7, 11) is 0.653. The van der Waals surface area contributed by atoms with Gasteiger partial charge in [0.25, 0.3) is 11.9 Å². The maximum Gasteiger partial charge on any atom is 0.636 e. The summed E-state index contributed by atoms with van der Waals surface area (Å²) in [6.07, 6.45) is 2.65. The van der Waals surface area contributed by atoms with Crippen LogP contribution in [-0.4, -0.2) is 29.3 Å². The van der Waals surface area contributed by atoms with E-state index in [-0.39, 0.29) is 11.9 Å². The van der Waals surface area contributed by atoms with E-state index < -0.39 is 7.12 Å². The Bertz CT molecular complexity index is 821. The van der Waals surface area contributed by atoms with Gasteiger partial charge in [-0.05, 0) is 42.7 Å². The molecule has 0 saturated carbocycles. The zero-order chi connectivity index (χ0) is 19.4. The van der Waals surface area contributed by atoms with Crippen LogP contribution in [0.5, 0.6) is 5.75 Å². The Labute approximate surface area is 159 Å². The van der Waals surface area contributed by atoms with Crippen LogP contribution in [0.4, 0.5) is 0 Å². The Morgan fingerprint density at radius 1 is 0.926 bits per heavy atom. The van der Waals surface area contributed by atoms with Crippen molar-refractivity contribution in [3.05, 3.63) is 83.4 Å². The van der Waals surface area contributed by atoms with E-state index in [4.69, 9.17) is 14.0 Å². The lowest BCUT2D eigenvalue weighted by atomic mass is 9.79. The monoisotopic (exact) mass is 367 g/mol. The Morgan fingerprint density at radius 2 is 1.48 bits per heavy atom. The van der Waals surface area contributed by atoms with Crippen LogP contribution >= 0.6 is 0 Å². The highest BCUT2D eigenvalue weighted by molar-refractivity contribution is 6.61. The summed E-state index contributed by atoms with van der Waals surface area (Å²) in [5.74, 6) is 0.0646. The molecule has 6 nitrogen and oxygen atoms in total. The first kappa shape index (κ1) is 18.6. The maximum absolute atomic E-state index is 9.80. The number of nitrogens with zero attached hydrogens (tertiary/aromatic N) is 1. The number of rotatable bonds is 4. The molecule has 0 spiro atoms. The highest BCUT2D eigenvalue weighted by atomic mass is 16.7. The van der Waals surface area contributed by atoms with Crippen molar-refractivity contribution in [2.45, 2.75) is 20.5 Å². The summed E-state index contributed by atoms with van der Waals surface area (Å²) >= 11 is 0. The summed E-state index contributed by atoms with van der Waals surface area (Å²) in [5, 5.41) is 19.6. The molecule has 1 aliphatic heterocycles. The third-order valence-electron chi connectivity index (χ3n) is 4.26. The molecule has 140 valence electrons. The van der Waals surface area contributed by atoms with Crippen molar-refractivity contribution in [3.8, 4) is 5.75 Å². The molecule has 0 aliphatic carbocycles. The summed E-state index contributed by atoms with van der Waals surface area (Å²) in [6.45, 7) is 4.61. The standard InChI is InChI=1S/C20H22BNO5/c1-14-5-4-6-15(2)18(14)13-25-17-9-7-16(8-10-17)21-26-19(23)11-22(3)12-20(24)27-21/h4-12,23-24H,13H2,1-3H3/b19-11-,20-12?. The SMILES string of the molecule is Cc1cccc(C)c1COc1ccc(B2OC(O)=CN(C)/C=C(/O)O2)cc1. The third-order valence-corrected chi connectivity index (χ3v) is 4.26. The van der Waals surface area contributed by atoms with Gasteiger partial charge in [0, 0.05) is 12.5 Å². The number of aliphatic hydroxyl groups excluding tert-OH is 2. The van der Waals surface area contributed by atoms with Gasteiger partial charge < -0.3 is 29.2 Å². The number of ether oxygens (including phenoxy) is 1. The van der Waals surface area contributed by atoms with E-state index in [0.717, 1.165) is 0 Å². The van der Waals surface area contributed by atoms with Crippen LogP contribution in [0.1, 0.15) is 16.7 Å². The van der Waals surface area contributed by atoms with E-state index in [0.29, 0.717) is 17.8 Å². The largest absolute Gasteiger partial charge is 0.636 e. The number of hydrogen-bond acceptors (Lipinski definition) is 6. The van der Waals surface area contributed by atoms with Crippen LogP contribution in [0.3, 0.4) is 0 Å². The van der Waals surface area contributed by atoms with Crippen LogP contribution in [0, 0.1) is 13.8 Å². The van der Waals surface area contributed by atoms with Crippen molar-refractivity contribution < 1.29 is 24.3 Å². The molecule has 0 atom stereocenters. The fourth-order valence-electron chi connectivity index (χ4n) is 2.78. The molecule has 3 rings (SSSR count). The van der Waals surface area contributed by atoms with E-state index >= 15 is 0 Å². The van der Waals surface area contributed by atoms with E-state index in [1.165, 1.54) is 34.0 Å². The second-order valence-corrected chi connectivity index (χ2v) is 6.40. The molecule has 0 radical (unpaired) electrons. The zero-order valence-electron chi connectivity index (χ0n) is 15.5. The molecule has 0 bridgehead atoms. The first-order chi connectivity index (χ1) is 12.9. The van der Waals surface area contributed by atoms with Crippen LogP contribution in [0.25, 0.3) is 0 Å². The highest BCUT2D eigenvalue weighted by Gasteiger charge is 2.29. The van der Waals surface area contributed by atoms with Gasteiger partial charge in [-0.1, -0.05) is 30.3 Å². The minimum atomic E-state index is -0.973. The Hall–Kier alpha value is -3.22. The predicted molar refractivity (Wildman–Crippen MR) is 103 cm³/mol. The Balaban J connectivity index is 1.70. The number of aliphatic hydroxyl groups is 2. The molecular formula is C20H22BNO5. The average Bonchev–Trinajstić information content (AvgIpc) is 2.60. The quantitative estimate of drug-likeness (QED) is 0.809. The van der Waals surface area contributed by atoms with Crippen molar-refractivity contribution >= 4 is 12.6 Å². The fraction of sp³-hybridized carbons (Fsp3) is 0.200. The molecule has 7 heteroatoms. The van der Waals surface area contributed by atoms with Gasteiger partial charge in [-0.25, -0.2) is 0 Å². The van der Waals surface area contributed by atoms with Crippen molar-refractivity contribution in [1.29, 1.82) is 0 Å². The highest BCUT2D eigenvalue weighted by Crippen LogP contribution is 2.18. The molecule has 0 amide bonds. The van der Waals surface area contributed by atoms with Gasteiger partial charge in [-0.15, -0.1) is 0 Å². The topological polar surface area (TPSA) is 71.4 Å². The number of benzene rings is 2. The first-order valence-electron chi connectivity index (χ1n) is 8.57. The van der Waals surface area contributed by atoms with Gasteiger partial charge in [0.1, 0.15) is 12.4 Å². The van der Waals surface area contributed by atoms with Gasteiger partial charge in [-0.3, -0.25) is 0 Å². The van der Waals surface area contributed by atoms with E-state index in [1.54, 1.807) is 31.3 Å². The van der Waals surface area contributed by atoms with Crippen LogP contribution in [0.15, 0.2) is 66.8 Å². The van der Waals surface area contributed by atoms with Gasteiger partial charge in [-0.2, -0.15) is 0 Å². The van der Waals surface area contributed by atoms with Crippen molar-refractivity contribution in [1.82, 2.24) is 4.90 Å². The van der Waals surface area contributed by atoms with Crippen LogP contribution < -0.4 is 10.2 Å². The number of aryl methyl sites for hydroxylation is 2. The Morgan fingerprint density at radius 3 is 2.04 bits per heavy atom. The fourth-order valence-corrected chi connectivity index (χ4v) is 2.78. The third kappa shape index (κ3) is 4.70. The van der Waals surface area contributed by atoms with Crippen LogP contribution in [0.2, 0.25) is 0 Å². The normalized spacial score (nSPS) is 16.3. The summed E-state index contributed by atoms with van der Waals surface area (Å²) < 4.78 is 16.5. The first-order valence-corrected chi connectivity index (χ1v) is 8.57. The summed E-state index contributed by atoms with van der Waals surface area (Å²) in [4.78, 5) is 1.42. The molecule has 2 aromatic rings. The van der Waals surface area contributed by atoms with E-state index in [2.05, 4.69) is 26.0 Å². The minimum Gasteiger partial charge on any atom is -0.494 e. The van der Waals surface area contributed by atoms with Crippen molar-refractivity contribution in [2.75, 3.05) is 7.05 Å². The smallest absolute Gasteiger partial charge is 0.494 e. The molecule has 2 aromatic carbocycles. The second-order valence-electron chi connectivity index (χ2n) is 6.40. The molecule has 0 saturated heterocycles. The molecule has 1 heterocycles. The zero-order valence-corrected chi connectivity index (χ0v) is 15.5. The second kappa shape index (κ2) is 7.99. The maximum atomic E-state index is 9.80. The molecule has 1 aliphatic rings. The average molecular weight is 367 g/mol. The van der Waals surface area contributed by atoms with Gasteiger partial charge in [0.05, 0.1) is 12.4 Å². The minimum absolute atomic E-state index is 0.318. The summed E-state index contributed by atoms with van der Waals surface area (Å²) in [5.41, 5.74) is 4.18. The van der Waals surface area contributed by atoms with E-state index in [1.807, 2.05) is 6.07 Å². The molecule has 2 N–H and O–H groups in total. The van der Waals surface area contributed by atoms with Crippen molar-refractivity contribution in [2.24, 2.45) is 0 Å². The van der Waals surface area contributed by atoms with Gasteiger partial charge >= 0.3 is 7.12 Å². The lowest BCUT2D eigenvalue weighted by Crippen LogP contribution is -2.37. The van der Waals surface area contributed by atoms with Crippen LogP contribution in [-0.2, 0) is 15.9 Å². The summed E-state index contributed by atoms with van der Waals surface area (Å²) in [6, 6.07) is 13.3. The molecular weight excluding hydrogens is 345 g/mol. The van der Waals surface area contributed by atoms with Gasteiger partial charge in [0.15, 0.2) is 0 Å². The molecule has 0 unspecified atom stereocenters. The molecule has 0 aromatic heterocycles. The molecule has 27 heavy (non-hydrogen) atoms. The number of hydrogen-bond donors (Lipinski definition) is 2.